The second-order valence-electron chi connectivity index (χ2n) is 5.77. The summed E-state index contributed by atoms with van der Waals surface area (Å²) in [5.41, 5.74) is 0.242. The molecule has 24 heavy (non-hydrogen) atoms. The van der Waals surface area contributed by atoms with Gasteiger partial charge in [0.15, 0.2) is 0 Å². The Labute approximate surface area is 139 Å². The van der Waals surface area contributed by atoms with Crippen molar-refractivity contribution in [2.24, 2.45) is 10.9 Å². The van der Waals surface area contributed by atoms with Crippen LogP contribution in [0.15, 0.2) is 40.1 Å². The maximum atomic E-state index is 12.0. The van der Waals surface area contributed by atoms with Gasteiger partial charge in [-0.1, -0.05) is 6.92 Å². The number of ether oxygens (including phenoxy) is 2. The van der Waals surface area contributed by atoms with Crippen molar-refractivity contribution in [2.45, 2.75) is 25.8 Å². The summed E-state index contributed by atoms with van der Waals surface area (Å²) in [4.78, 5) is 27.5. The molecule has 126 valence electrons. The predicted octanol–water partition coefficient (Wildman–Crippen LogP) is 2.10. The monoisotopic (exact) mass is 328 g/mol. The number of allylic oxidation sites excluding steroid dienone is 1. The maximum Gasteiger partial charge on any atom is 0.302 e. The van der Waals surface area contributed by atoms with Gasteiger partial charge in [-0.15, -0.1) is 0 Å². The first kappa shape index (κ1) is 16.3. The standard InChI is InChI=1S/C17H20N4O3/c1-11-8-12(9-19-14(11)4-3-7-23-2)24-17-20-15-10-18-6-5-13(15)16(22)21-17/h5-6,8-11,14H,3-4,7H2,1-2H3,(H,20,21,22). The highest BCUT2D eigenvalue weighted by Crippen LogP contribution is 2.21. The molecule has 2 aromatic heterocycles. The zero-order valence-corrected chi connectivity index (χ0v) is 13.7. The molecule has 3 heterocycles. The molecule has 2 unspecified atom stereocenters. The van der Waals surface area contributed by atoms with E-state index < -0.39 is 0 Å². The van der Waals surface area contributed by atoms with E-state index in [4.69, 9.17) is 9.47 Å². The number of methoxy groups -OCH3 is 1. The van der Waals surface area contributed by atoms with Crippen molar-refractivity contribution in [3.63, 3.8) is 0 Å². The molecular formula is C17H20N4O3. The van der Waals surface area contributed by atoms with E-state index >= 15 is 0 Å². The fourth-order valence-corrected chi connectivity index (χ4v) is 2.68. The van der Waals surface area contributed by atoms with E-state index in [2.05, 4.69) is 26.9 Å². The van der Waals surface area contributed by atoms with Crippen LogP contribution in [0.2, 0.25) is 0 Å². The molecule has 7 heteroatoms. The van der Waals surface area contributed by atoms with Gasteiger partial charge in [-0.25, -0.2) is 0 Å². The summed E-state index contributed by atoms with van der Waals surface area (Å²) >= 11 is 0. The van der Waals surface area contributed by atoms with Gasteiger partial charge in [-0.05, 0) is 25.0 Å². The van der Waals surface area contributed by atoms with E-state index in [1.807, 2.05) is 6.08 Å². The second-order valence-corrected chi connectivity index (χ2v) is 5.77. The van der Waals surface area contributed by atoms with Crippen molar-refractivity contribution in [3.05, 3.63) is 40.6 Å². The van der Waals surface area contributed by atoms with Crippen LogP contribution in [0.4, 0.5) is 0 Å². The third-order valence-electron chi connectivity index (χ3n) is 3.98. The van der Waals surface area contributed by atoms with E-state index in [0.717, 1.165) is 19.4 Å². The quantitative estimate of drug-likeness (QED) is 0.820. The number of hydrogen-bond donors (Lipinski definition) is 1. The van der Waals surface area contributed by atoms with Crippen LogP contribution in [0.25, 0.3) is 10.9 Å². The number of aliphatic imine (C=N–C) groups is 1. The number of dihydropyridines is 1. The fourth-order valence-electron chi connectivity index (χ4n) is 2.68. The van der Waals surface area contributed by atoms with Gasteiger partial charge < -0.3 is 9.47 Å². The molecule has 0 amide bonds. The Morgan fingerprint density at radius 3 is 3.04 bits per heavy atom. The van der Waals surface area contributed by atoms with Crippen molar-refractivity contribution in [2.75, 3.05) is 13.7 Å². The van der Waals surface area contributed by atoms with E-state index in [1.165, 1.54) is 6.20 Å². The Hall–Kier alpha value is -2.54. The third kappa shape index (κ3) is 3.68. The number of fused-ring (bicyclic) bond motifs is 1. The van der Waals surface area contributed by atoms with E-state index in [1.54, 1.807) is 25.6 Å². The first-order valence-corrected chi connectivity index (χ1v) is 7.93. The molecule has 1 aliphatic heterocycles. The van der Waals surface area contributed by atoms with Crippen molar-refractivity contribution < 1.29 is 9.47 Å². The fraction of sp³-hybridized carbons (Fsp3) is 0.412. The number of hydrogen-bond acceptors (Lipinski definition) is 6. The van der Waals surface area contributed by atoms with E-state index in [9.17, 15) is 4.79 Å². The van der Waals surface area contributed by atoms with Crippen LogP contribution in [0.3, 0.4) is 0 Å². The zero-order valence-electron chi connectivity index (χ0n) is 13.7. The summed E-state index contributed by atoms with van der Waals surface area (Å²) in [5.74, 6) is 0.826. The lowest BCUT2D eigenvalue weighted by molar-refractivity contribution is 0.189. The van der Waals surface area contributed by atoms with Crippen LogP contribution < -0.4 is 10.3 Å². The van der Waals surface area contributed by atoms with Gasteiger partial charge in [0.2, 0.25) is 0 Å². The molecule has 0 aliphatic carbocycles. The molecule has 0 aromatic carbocycles. The van der Waals surface area contributed by atoms with Crippen LogP contribution in [-0.2, 0) is 4.74 Å². The predicted molar refractivity (Wildman–Crippen MR) is 91.4 cm³/mol. The van der Waals surface area contributed by atoms with Crippen molar-refractivity contribution in [1.82, 2.24) is 15.0 Å². The molecule has 0 saturated heterocycles. The van der Waals surface area contributed by atoms with Crippen LogP contribution in [0.1, 0.15) is 19.8 Å². The first-order valence-electron chi connectivity index (χ1n) is 7.93. The van der Waals surface area contributed by atoms with Crippen molar-refractivity contribution in [3.8, 4) is 6.01 Å². The highest BCUT2D eigenvalue weighted by molar-refractivity contribution is 5.78. The molecular weight excluding hydrogens is 308 g/mol. The topological polar surface area (TPSA) is 89.5 Å². The molecule has 0 saturated carbocycles. The van der Waals surface area contributed by atoms with Gasteiger partial charge in [0.05, 0.1) is 29.4 Å². The highest BCUT2D eigenvalue weighted by Gasteiger charge is 2.19. The largest absolute Gasteiger partial charge is 0.424 e. The lowest BCUT2D eigenvalue weighted by Gasteiger charge is -2.21. The molecule has 7 nitrogen and oxygen atoms in total. The van der Waals surface area contributed by atoms with E-state index in [0.29, 0.717) is 16.7 Å². The molecule has 0 radical (unpaired) electrons. The summed E-state index contributed by atoms with van der Waals surface area (Å²) in [6.07, 6.45) is 8.71. The SMILES string of the molecule is COCCCC1N=CC(Oc2nc3cnccc3c(=O)[nH]2)=CC1C. The summed E-state index contributed by atoms with van der Waals surface area (Å²) < 4.78 is 10.8. The first-order chi connectivity index (χ1) is 11.7. The van der Waals surface area contributed by atoms with Crippen LogP contribution >= 0.6 is 0 Å². The third-order valence-corrected chi connectivity index (χ3v) is 3.98. The number of pyridine rings is 1. The number of nitrogens with one attached hydrogen (secondary N) is 1. The molecule has 2 aromatic rings. The molecule has 0 bridgehead atoms. The summed E-state index contributed by atoms with van der Waals surface area (Å²) in [5, 5.41) is 0.482. The molecule has 0 fully saturated rings. The lowest BCUT2D eigenvalue weighted by Crippen LogP contribution is -2.21. The number of rotatable bonds is 6. The van der Waals surface area contributed by atoms with E-state index in [-0.39, 0.29) is 23.5 Å². The Balaban J connectivity index is 1.72. The molecule has 1 N–H and O–H groups in total. The van der Waals surface area contributed by atoms with Gasteiger partial charge >= 0.3 is 6.01 Å². The molecule has 0 spiro atoms. The van der Waals surface area contributed by atoms with Crippen LogP contribution in [0.5, 0.6) is 6.01 Å². The Morgan fingerprint density at radius 1 is 1.38 bits per heavy atom. The average molecular weight is 328 g/mol. The van der Waals surface area contributed by atoms with Gasteiger partial charge in [-0.2, -0.15) is 4.98 Å². The summed E-state index contributed by atoms with van der Waals surface area (Å²) in [7, 11) is 1.70. The van der Waals surface area contributed by atoms with Crippen molar-refractivity contribution in [1.29, 1.82) is 0 Å². The highest BCUT2D eigenvalue weighted by atomic mass is 16.5. The molecule has 3 rings (SSSR count). The average Bonchev–Trinajstić information content (AvgIpc) is 2.57. The minimum absolute atomic E-state index is 0.142. The Bertz CT molecular complexity index is 828. The number of aromatic nitrogens is 3. The summed E-state index contributed by atoms with van der Waals surface area (Å²) in [6.45, 7) is 2.83. The summed E-state index contributed by atoms with van der Waals surface area (Å²) in [6, 6.07) is 1.99. The maximum absolute atomic E-state index is 12.0. The Kier molecular flexibility index (Phi) is 5.00. The second kappa shape index (κ2) is 7.35. The van der Waals surface area contributed by atoms with Gasteiger partial charge in [0, 0.05) is 25.8 Å². The lowest BCUT2D eigenvalue weighted by atomic mass is 9.95. The normalized spacial score (nSPS) is 20.2. The van der Waals surface area contributed by atoms with Gasteiger partial charge in [-0.3, -0.25) is 19.8 Å². The molecule has 1 aliphatic rings. The van der Waals surface area contributed by atoms with Gasteiger partial charge in [0.1, 0.15) is 5.76 Å². The number of H-pyrrole nitrogens is 1. The van der Waals surface area contributed by atoms with Gasteiger partial charge in [0.25, 0.3) is 5.56 Å². The Morgan fingerprint density at radius 2 is 2.25 bits per heavy atom. The molecule has 2 atom stereocenters. The van der Waals surface area contributed by atoms with Crippen LogP contribution in [-0.4, -0.2) is 40.9 Å². The minimum atomic E-state index is -0.253. The number of aromatic amines is 1. The van der Waals surface area contributed by atoms with Crippen molar-refractivity contribution >= 4 is 17.1 Å². The number of nitrogens with zero attached hydrogens (tertiary/aromatic N) is 3. The van der Waals surface area contributed by atoms with Crippen LogP contribution in [0, 0.1) is 5.92 Å². The minimum Gasteiger partial charge on any atom is -0.424 e. The smallest absolute Gasteiger partial charge is 0.302 e. The zero-order chi connectivity index (χ0) is 16.9.